The van der Waals surface area contributed by atoms with Gasteiger partial charge in [0.15, 0.2) is 5.75 Å². The van der Waals surface area contributed by atoms with Crippen LogP contribution in [0, 0.1) is 30.3 Å². The quantitative estimate of drug-likeness (QED) is 0.186. The second-order valence-corrected chi connectivity index (χ2v) is 6.55. The molecule has 174 valence electrons. The van der Waals surface area contributed by atoms with Crippen LogP contribution in [0.1, 0.15) is 5.56 Å². The molecule has 13 nitrogen and oxygen atoms in total. The first kappa shape index (κ1) is 23.6. The molecular weight excluding hydrogens is 450 g/mol. The van der Waals surface area contributed by atoms with E-state index in [0.29, 0.717) is 11.3 Å². The molecule has 0 heterocycles. The summed E-state index contributed by atoms with van der Waals surface area (Å²) in [5.74, 6) is 0.553. The van der Waals surface area contributed by atoms with Gasteiger partial charge in [0.1, 0.15) is 24.7 Å². The molecule has 34 heavy (non-hydrogen) atoms. The van der Waals surface area contributed by atoms with E-state index in [9.17, 15) is 30.3 Å². The number of anilines is 1. The summed E-state index contributed by atoms with van der Waals surface area (Å²) in [6, 6.07) is 15.9. The lowest BCUT2D eigenvalue weighted by Crippen LogP contribution is -2.10. The lowest BCUT2D eigenvalue weighted by molar-refractivity contribution is -0.393. The average Bonchev–Trinajstić information content (AvgIpc) is 2.82. The van der Waals surface area contributed by atoms with Gasteiger partial charge in [-0.1, -0.05) is 24.3 Å². The second-order valence-electron chi connectivity index (χ2n) is 6.55. The first-order valence-electron chi connectivity index (χ1n) is 9.67. The number of nitro benzene ring substituents is 3. The molecule has 3 rings (SSSR count). The largest absolute Gasteiger partial charge is 0.489 e. The number of nitrogens with one attached hydrogen (secondary N) is 1. The Kier molecular flexibility index (Phi) is 7.63. The Labute approximate surface area is 191 Å². The third-order valence-electron chi connectivity index (χ3n) is 4.36. The lowest BCUT2D eigenvalue weighted by Gasteiger charge is -2.10. The van der Waals surface area contributed by atoms with Crippen LogP contribution in [0.4, 0.5) is 22.7 Å². The Balaban J connectivity index is 1.63. The van der Waals surface area contributed by atoms with Gasteiger partial charge in [-0.25, -0.2) is 0 Å². The third-order valence-corrected chi connectivity index (χ3v) is 4.36. The molecule has 3 aromatic rings. The summed E-state index contributed by atoms with van der Waals surface area (Å²) < 4.78 is 11.1. The van der Waals surface area contributed by atoms with Crippen molar-refractivity contribution in [1.82, 2.24) is 0 Å². The van der Waals surface area contributed by atoms with E-state index in [1.807, 2.05) is 0 Å². The highest BCUT2D eigenvalue weighted by Gasteiger charge is 2.19. The van der Waals surface area contributed by atoms with E-state index in [-0.39, 0.29) is 30.3 Å². The fraction of sp³-hybridized carbons (Fsp3) is 0.0952. The Morgan fingerprint density at radius 2 is 1.38 bits per heavy atom. The van der Waals surface area contributed by atoms with Crippen molar-refractivity contribution in [2.45, 2.75) is 0 Å². The van der Waals surface area contributed by atoms with Gasteiger partial charge in [0.05, 0.1) is 27.1 Å². The van der Waals surface area contributed by atoms with Crippen LogP contribution >= 0.6 is 0 Å². The van der Waals surface area contributed by atoms with Crippen LogP contribution in [0.5, 0.6) is 11.5 Å². The minimum atomic E-state index is -0.751. The smallest absolute Gasteiger partial charge is 0.310 e. The molecule has 0 bridgehead atoms. The Morgan fingerprint density at radius 1 is 0.765 bits per heavy atom. The molecule has 0 aliphatic carbocycles. The first-order valence-corrected chi connectivity index (χ1v) is 9.67. The summed E-state index contributed by atoms with van der Waals surface area (Å²) in [5.41, 5.74) is 1.95. The van der Waals surface area contributed by atoms with Gasteiger partial charge in [-0.15, -0.1) is 0 Å². The summed E-state index contributed by atoms with van der Waals surface area (Å²) in [6.45, 7) is 0.127. The van der Waals surface area contributed by atoms with Crippen LogP contribution in [0.25, 0.3) is 0 Å². The van der Waals surface area contributed by atoms with Crippen molar-refractivity contribution in [3.63, 3.8) is 0 Å². The van der Waals surface area contributed by atoms with E-state index in [1.165, 1.54) is 30.5 Å². The van der Waals surface area contributed by atoms with Crippen LogP contribution in [-0.2, 0) is 0 Å². The van der Waals surface area contributed by atoms with Crippen LogP contribution in [0.2, 0.25) is 0 Å². The van der Waals surface area contributed by atoms with E-state index >= 15 is 0 Å². The third kappa shape index (κ3) is 6.00. The highest BCUT2D eigenvalue weighted by Crippen LogP contribution is 2.29. The minimum Gasteiger partial charge on any atom is -0.489 e. The van der Waals surface area contributed by atoms with Crippen LogP contribution in [-0.4, -0.2) is 34.2 Å². The molecule has 0 unspecified atom stereocenters. The van der Waals surface area contributed by atoms with Gasteiger partial charge >= 0.3 is 11.4 Å². The molecule has 0 aliphatic rings. The summed E-state index contributed by atoms with van der Waals surface area (Å²) in [6.07, 6.45) is 1.36. The number of benzene rings is 3. The van der Waals surface area contributed by atoms with E-state index in [0.717, 1.165) is 12.1 Å². The van der Waals surface area contributed by atoms with Gasteiger partial charge in [0.25, 0.3) is 5.69 Å². The van der Waals surface area contributed by atoms with Gasteiger partial charge in [0, 0.05) is 17.7 Å². The topological polar surface area (TPSA) is 172 Å². The first-order chi connectivity index (χ1) is 16.4. The number of ether oxygens (including phenoxy) is 2. The molecule has 0 radical (unpaired) electrons. The zero-order valence-corrected chi connectivity index (χ0v) is 17.4. The fourth-order valence-electron chi connectivity index (χ4n) is 2.80. The molecule has 0 amide bonds. The second kappa shape index (κ2) is 11.0. The molecular formula is C21H17N5O8. The molecule has 0 fully saturated rings. The zero-order valence-electron chi connectivity index (χ0n) is 17.4. The van der Waals surface area contributed by atoms with Gasteiger partial charge in [0.2, 0.25) is 0 Å². The molecule has 3 aromatic carbocycles. The van der Waals surface area contributed by atoms with Gasteiger partial charge in [-0.3, -0.25) is 35.8 Å². The molecule has 0 saturated carbocycles. The van der Waals surface area contributed by atoms with Gasteiger partial charge < -0.3 is 9.47 Å². The monoisotopic (exact) mass is 467 g/mol. The summed E-state index contributed by atoms with van der Waals surface area (Å²) in [4.78, 5) is 31.1. The van der Waals surface area contributed by atoms with Crippen molar-refractivity contribution in [2.24, 2.45) is 5.10 Å². The van der Waals surface area contributed by atoms with Gasteiger partial charge in [-0.2, -0.15) is 5.10 Å². The van der Waals surface area contributed by atoms with E-state index in [1.54, 1.807) is 30.3 Å². The van der Waals surface area contributed by atoms with Crippen molar-refractivity contribution < 1.29 is 24.2 Å². The molecule has 13 heteroatoms. The molecule has 1 N–H and O–H groups in total. The number of rotatable bonds is 11. The average molecular weight is 467 g/mol. The normalized spacial score (nSPS) is 10.6. The molecule has 0 aliphatic heterocycles. The van der Waals surface area contributed by atoms with Crippen LogP contribution < -0.4 is 14.9 Å². The molecule has 0 aromatic heterocycles. The van der Waals surface area contributed by atoms with Crippen molar-refractivity contribution in [2.75, 3.05) is 18.6 Å². The maximum atomic E-state index is 11.2. The highest BCUT2D eigenvalue weighted by atomic mass is 16.6. The maximum absolute atomic E-state index is 11.2. The SMILES string of the molecule is O=[N+]([O-])c1ccc(N/N=C/c2ccccc2OCCOc2ccccc2[N+](=O)[O-])c([N+](=O)[O-])c1. The van der Waals surface area contributed by atoms with Crippen molar-refractivity contribution in [1.29, 1.82) is 0 Å². The number of hydrazone groups is 1. The highest BCUT2D eigenvalue weighted by molar-refractivity contribution is 5.84. The molecule has 0 saturated heterocycles. The summed E-state index contributed by atoms with van der Waals surface area (Å²) in [7, 11) is 0. The fourth-order valence-corrected chi connectivity index (χ4v) is 2.80. The van der Waals surface area contributed by atoms with Crippen LogP contribution in [0.15, 0.2) is 71.8 Å². The standard InChI is InChI=1S/C21H17N5O8/c27-24(28)16-9-10-17(19(13-16)26(31)32)23-22-14-15-5-1-3-7-20(15)33-11-12-34-21-8-4-2-6-18(21)25(29)30/h1-10,13-14,23H,11-12H2/b22-14+. The number of nitrogens with zero attached hydrogens (tertiary/aromatic N) is 4. The van der Waals surface area contributed by atoms with Crippen molar-refractivity contribution >= 4 is 29.0 Å². The number of nitro groups is 3. The zero-order chi connectivity index (χ0) is 24.5. The van der Waals surface area contributed by atoms with Crippen molar-refractivity contribution in [3.8, 4) is 11.5 Å². The number of hydrogen-bond donors (Lipinski definition) is 1. The predicted molar refractivity (Wildman–Crippen MR) is 121 cm³/mol. The Hall–Kier alpha value is -5.07. The van der Waals surface area contributed by atoms with E-state index < -0.39 is 26.1 Å². The molecule has 0 spiro atoms. The number of non-ortho nitro benzene ring substituents is 1. The summed E-state index contributed by atoms with van der Waals surface area (Å²) in [5, 5.41) is 37.0. The summed E-state index contributed by atoms with van der Waals surface area (Å²) >= 11 is 0. The Bertz CT molecular complexity index is 1250. The van der Waals surface area contributed by atoms with Gasteiger partial charge in [-0.05, 0) is 24.3 Å². The number of hydrogen-bond acceptors (Lipinski definition) is 10. The number of para-hydroxylation sites is 3. The lowest BCUT2D eigenvalue weighted by atomic mass is 10.2. The molecule has 0 atom stereocenters. The van der Waals surface area contributed by atoms with E-state index in [2.05, 4.69) is 10.5 Å². The van der Waals surface area contributed by atoms with Crippen molar-refractivity contribution in [3.05, 3.63) is 103 Å². The minimum absolute atomic E-state index is 0.0249. The maximum Gasteiger partial charge on any atom is 0.310 e. The van der Waals surface area contributed by atoms with Crippen LogP contribution in [0.3, 0.4) is 0 Å². The van der Waals surface area contributed by atoms with E-state index in [4.69, 9.17) is 9.47 Å². The Morgan fingerprint density at radius 3 is 2.06 bits per heavy atom. The predicted octanol–water partition coefficient (Wildman–Crippen LogP) is 4.32.